The quantitative estimate of drug-likeness (QED) is 0.798. The molecule has 27 heavy (non-hydrogen) atoms. The van der Waals surface area contributed by atoms with Crippen LogP contribution in [0.2, 0.25) is 0 Å². The molecule has 2 aliphatic rings. The SMILES string of the molecule is CCOC(=O)N1CCN(C(=O)C[C@@H]2NC(=O)c3ccccc3NC2=O)CC1. The predicted octanol–water partition coefficient (Wildman–Crippen LogP) is 0.428. The van der Waals surface area contributed by atoms with Gasteiger partial charge in [-0.25, -0.2) is 4.79 Å². The summed E-state index contributed by atoms with van der Waals surface area (Å²) in [5.41, 5.74) is 0.793. The van der Waals surface area contributed by atoms with Crippen LogP contribution in [-0.4, -0.2) is 72.4 Å². The van der Waals surface area contributed by atoms with Crippen molar-refractivity contribution in [1.82, 2.24) is 15.1 Å². The Balaban J connectivity index is 1.58. The van der Waals surface area contributed by atoms with Gasteiger partial charge >= 0.3 is 6.09 Å². The highest BCUT2D eigenvalue weighted by molar-refractivity contribution is 6.10. The first-order chi connectivity index (χ1) is 13.0. The second kappa shape index (κ2) is 8.07. The number of rotatable bonds is 3. The van der Waals surface area contributed by atoms with Gasteiger partial charge in [-0.3, -0.25) is 14.4 Å². The molecule has 0 spiro atoms. The highest BCUT2D eigenvalue weighted by Gasteiger charge is 2.32. The van der Waals surface area contributed by atoms with Gasteiger partial charge in [-0.05, 0) is 19.1 Å². The van der Waals surface area contributed by atoms with E-state index in [1.54, 1.807) is 41.0 Å². The zero-order valence-electron chi connectivity index (χ0n) is 15.1. The maximum absolute atomic E-state index is 12.6. The number of hydrogen-bond acceptors (Lipinski definition) is 5. The minimum absolute atomic E-state index is 0.134. The van der Waals surface area contributed by atoms with Gasteiger partial charge in [0, 0.05) is 26.2 Å². The second-order valence-electron chi connectivity index (χ2n) is 6.33. The molecule has 1 atom stereocenters. The molecule has 0 saturated carbocycles. The first-order valence-corrected chi connectivity index (χ1v) is 8.90. The average molecular weight is 374 g/mol. The van der Waals surface area contributed by atoms with E-state index in [0.717, 1.165) is 0 Å². The van der Waals surface area contributed by atoms with Gasteiger partial charge in [0.1, 0.15) is 6.04 Å². The molecule has 9 heteroatoms. The molecule has 144 valence electrons. The Kier molecular flexibility index (Phi) is 5.58. The first kappa shape index (κ1) is 18.7. The molecule has 2 N–H and O–H groups in total. The Bertz CT molecular complexity index is 758. The molecule has 9 nitrogen and oxygen atoms in total. The van der Waals surface area contributed by atoms with E-state index in [4.69, 9.17) is 4.74 Å². The normalized spacial score (nSPS) is 19.5. The summed E-state index contributed by atoms with van der Waals surface area (Å²) in [7, 11) is 0. The topological polar surface area (TPSA) is 108 Å². The number of fused-ring (bicyclic) bond motifs is 1. The van der Waals surface area contributed by atoms with Crippen molar-refractivity contribution in [2.45, 2.75) is 19.4 Å². The maximum Gasteiger partial charge on any atom is 0.409 e. The molecule has 3 rings (SSSR count). The van der Waals surface area contributed by atoms with Crippen molar-refractivity contribution in [3.63, 3.8) is 0 Å². The van der Waals surface area contributed by atoms with Gasteiger partial charge in [0.25, 0.3) is 5.91 Å². The van der Waals surface area contributed by atoms with Gasteiger partial charge in [-0.2, -0.15) is 0 Å². The zero-order chi connectivity index (χ0) is 19.4. The number of nitrogens with zero attached hydrogens (tertiary/aromatic N) is 2. The molecule has 1 fully saturated rings. The van der Waals surface area contributed by atoms with Crippen LogP contribution in [0.4, 0.5) is 10.5 Å². The number of carbonyl (C=O) groups is 4. The maximum atomic E-state index is 12.6. The van der Waals surface area contributed by atoms with Gasteiger partial charge in [0.15, 0.2) is 0 Å². The summed E-state index contributed by atoms with van der Waals surface area (Å²) in [6, 6.07) is 5.75. The molecule has 4 amide bonds. The summed E-state index contributed by atoms with van der Waals surface area (Å²) in [4.78, 5) is 52.1. The summed E-state index contributed by atoms with van der Waals surface area (Å²) in [5, 5.41) is 5.30. The molecule has 0 aromatic heterocycles. The van der Waals surface area contributed by atoms with Gasteiger partial charge in [-0.1, -0.05) is 12.1 Å². The van der Waals surface area contributed by atoms with Crippen molar-refractivity contribution in [3.05, 3.63) is 29.8 Å². The molecule has 0 bridgehead atoms. The lowest BCUT2D eigenvalue weighted by Gasteiger charge is -2.34. The van der Waals surface area contributed by atoms with Crippen molar-refractivity contribution in [3.8, 4) is 0 Å². The van der Waals surface area contributed by atoms with Crippen LogP contribution in [0.5, 0.6) is 0 Å². The molecular formula is C18H22N4O5. The van der Waals surface area contributed by atoms with Crippen LogP contribution in [0.25, 0.3) is 0 Å². The van der Waals surface area contributed by atoms with Gasteiger partial charge in [0.05, 0.1) is 24.3 Å². The Morgan fingerprint density at radius 1 is 1.11 bits per heavy atom. The molecule has 1 saturated heterocycles. The molecule has 1 aromatic rings. The Morgan fingerprint density at radius 3 is 2.48 bits per heavy atom. The van der Waals surface area contributed by atoms with E-state index in [2.05, 4.69) is 10.6 Å². The van der Waals surface area contributed by atoms with Crippen LogP contribution in [0.3, 0.4) is 0 Å². The molecule has 0 radical (unpaired) electrons. The fourth-order valence-corrected chi connectivity index (χ4v) is 3.11. The number of piperazine rings is 1. The van der Waals surface area contributed by atoms with E-state index in [-0.39, 0.29) is 12.3 Å². The standard InChI is InChI=1S/C18H22N4O5/c1-2-27-18(26)22-9-7-21(8-10-22)15(23)11-14-17(25)19-13-6-4-3-5-12(13)16(24)20-14/h3-6,14H,2,7-11H2,1H3,(H,19,25)(H,20,24)/t14-/m0/s1. The van der Waals surface area contributed by atoms with Crippen molar-refractivity contribution in [2.75, 3.05) is 38.1 Å². The molecule has 1 aromatic carbocycles. The number of nitrogens with one attached hydrogen (secondary N) is 2. The van der Waals surface area contributed by atoms with Crippen molar-refractivity contribution < 1.29 is 23.9 Å². The molecule has 0 aliphatic carbocycles. The molecular weight excluding hydrogens is 352 g/mol. The lowest BCUT2D eigenvalue weighted by molar-refractivity contribution is -0.135. The van der Waals surface area contributed by atoms with E-state index < -0.39 is 23.9 Å². The third kappa shape index (κ3) is 4.18. The Hall–Kier alpha value is -3.10. The summed E-state index contributed by atoms with van der Waals surface area (Å²) >= 11 is 0. The van der Waals surface area contributed by atoms with Gasteiger partial charge in [0.2, 0.25) is 11.8 Å². The van der Waals surface area contributed by atoms with E-state index in [9.17, 15) is 19.2 Å². The monoisotopic (exact) mass is 374 g/mol. The fourth-order valence-electron chi connectivity index (χ4n) is 3.11. The van der Waals surface area contributed by atoms with Crippen LogP contribution in [-0.2, 0) is 14.3 Å². The number of para-hydroxylation sites is 1. The minimum Gasteiger partial charge on any atom is -0.450 e. The highest BCUT2D eigenvalue weighted by Crippen LogP contribution is 2.19. The second-order valence-corrected chi connectivity index (χ2v) is 6.33. The fraction of sp³-hybridized carbons (Fsp3) is 0.444. The van der Waals surface area contributed by atoms with E-state index in [1.807, 2.05) is 0 Å². The smallest absolute Gasteiger partial charge is 0.409 e. The van der Waals surface area contributed by atoms with Crippen LogP contribution >= 0.6 is 0 Å². The summed E-state index contributed by atoms with van der Waals surface area (Å²) < 4.78 is 4.95. The van der Waals surface area contributed by atoms with Crippen molar-refractivity contribution >= 4 is 29.5 Å². The number of carbonyl (C=O) groups excluding carboxylic acids is 4. The minimum atomic E-state index is -0.944. The molecule has 2 heterocycles. The number of hydrogen-bond donors (Lipinski definition) is 2. The number of anilines is 1. The summed E-state index contributed by atoms with van der Waals surface area (Å²) in [6.07, 6.45) is -0.525. The van der Waals surface area contributed by atoms with E-state index >= 15 is 0 Å². The van der Waals surface area contributed by atoms with Crippen molar-refractivity contribution in [2.24, 2.45) is 0 Å². The van der Waals surface area contributed by atoms with Crippen LogP contribution in [0, 0.1) is 0 Å². The lowest BCUT2D eigenvalue weighted by atomic mass is 10.1. The number of amides is 4. The zero-order valence-corrected chi connectivity index (χ0v) is 15.1. The first-order valence-electron chi connectivity index (χ1n) is 8.90. The average Bonchev–Trinajstić information content (AvgIpc) is 2.79. The molecule has 2 aliphatic heterocycles. The highest BCUT2D eigenvalue weighted by atomic mass is 16.6. The van der Waals surface area contributed by atoms with E-state index in [1.165, 1.54) is 0 Å². The lowest BCUT2D eigenvalue weighted by Crippen LogP contribution is -2.52. The third-order valence-electron chi connectivity index (χ3n) is 4.59. The summed E-state index contributed by atoms with van der Waals surface area (Å²) in [6.45, 7) is 3.51. The molecule has 0 unspecified atom stereocenters. The van der Waals surface area contributed by atoms with Crippen LogP contribution in [0.15, 0.2) is 24.3 Å². The van der Waals surface area contributed by atoms with Crippen LogP contribution in [0.1, 0.15) is 23.7 Å². The summed E-state index contributed by atoms with van der Waals surface area (Å²) in [5.74, 6) is -1.06. The predicted molar refractivity (Wildman–Crippen MR) is 96.1 cm³/mol. The number of benzene rings is 1. The Labute approximate surface area is 156 Å². The Morgan fingerprint density at radius 2 is 1.78 bits per heavy atom. The van der Waals surface area contributed by atoms with E-state index in [0.29, 0.717) is 44.0 Å². The third-order valence-corrected chi connectivity index (χ3v) is 4.59. The largest absolute Gasteiger partial charge is 0.450 e. The van der Waals surface area contributed by atoms with Crippen LogP contribution < -0.4 is 10.6 Å². The number of ether oxygens (including phenoxy) is 1. The van der Waals surface area contributed by atoms with Crippen molar-refractivity contribution in [1.29, 1.82) is 0 Å². The van der Waals surface area contributed by atoms with Gasteiger partial charge < -0.3 is 25.2 Å². The van der Waals surface area contributed by atoms with Gasteiger partial charge in [-0.15, -0.1) is 0 Å².